The molecule has 0 aliphatic heterocycles. The second-order valence-electron chi connectivity index (χ2n) is 1.51. The SMILES string of the molecule is C.CCCOC(N)=S.NC(O)=S. The van der Waals surface area contributed by atoms with Gasteiger partial charge in [-0.2, -0.15) is 0 Å². The van der Waals surface area contributed by atoms with E-state index in [9.17, 15) is 0 Å². The molecule has 0 atom stereocenters. The summed E-state index contributed by atoms with van der Waals surface area (Å²) in [5.74, 6) is 0. The summed E-state index contributed by atoms with van der Waals surface area (Å²) in [4.78, 5) is 0. The molecule has 0 saturated heterocycles. The summed E-state index contributed by atoms with van der Waals surface area (Å²) in [6.45, 7) is 2.63. The third-order valence-electron chi connectivity index (χ3n) is 0.448. The minimum absolute atomic E-state index is 0. The van der Waals surface area contributed by atoms with Crippen molar-refractivity contribution in [3.63, 3.8) is 0 Å². The van der Waals surface area contributed by atoms with Crippen LogP contribution in [0.5, 0.6) is 0 Å². The molecule has 0 aromatic heterocycles. The molecule has 6 heteroatoms. The van der Waals surface area contributed by atoms with Gasteiger partial charge in [0.1, 0.15) is 0 Å². The van der Waals surface area contributed by atoms with Gasteiger partial charge in [-0.15, -0.1) is 0 Å². The molecule has 0 radical (unpaired) electrons. The highest BCUT2D eigenvalue weighted by Gasteiger charge is 1.81. The molecule has 0 bridgehead atoms. The maximum absolute atomic E-state index is 7.56. The average Bonchev–Trinajstić information content (AvgIpc) is 1.82. The predicted octanol–water partition coefficient (Wildman–Crippen LogP) is 1.08. The van der Waals surface area contributed by atoms with E-state index in [0.29, 0.717) is 6.61 Å². The molecule has 0 amide bonds. The average molecular weight is 212 g/mol. The highest BCUT2D eigenvalue weighted by molar-refractivity contribution is 7.80. The maximum Gasteiger partial charge on any atom is 0.253 e. The Hall–Kier alpha value is -0.620. The number of rotatable bonds is 2. The van der Waals surface area contributed by atoms with Crippen LogP contribution in [-0.2, 0) is 4.74 Å². The number of aliphatic hydroxyl groups is 1. The number of ether oxygens (including phenoxy) is 1. The third kappa shape index (κ3) is 57.7. The summed E-state index contributed by atoms with van der Waals surface area (Å²) < 4.78 is 4.70. The lowest BCUT2D eigenvalue weighted by Gasteiger charge is -1.96. The van der Waals surface area contributed by atoms with Crippen molar-refractivity contribution in [3.05, 3.63) is 0 Å². The van der Waals surface area contributed by atoms with Crippen molar-refractivity contribution in [2.24, 2.45) is 11.5 Å². The summed E-state index contributed by atoms with van der Waals surface area (Å²) in [5.41, 5.74) is 9.39. The van der Waals surface area contributed by atoms with Crippen LogP contribution in [0.15, 0.2) is 0 Å². The van der Waals surface area contributed by atoms with Crippen LogP contribution in [-0.4, -0.2) is 22.1 Å². The number of nitrogens with two attached hydrogens (primary N) is 2. The Morgan fingerprint density at radius 3 is 1.83 bits per heavy atom. The molecule has 12 heavy (non-hydrogen) atoms. The van der Waals surface area contributed by atoms with Gasteiger partial charge in [0.25, 0.3) is 10.3 Å². The van der Waals surface area contributed by atoms with Crippen LogP contribution in [0.2, 0.25) is 0 Å². The molecule has 0 unspecified atom stereocenters. The summed E-state index contributed by atoms with van der Waals surface area (Å²) in [6, 6.07) is 0. The molecule has 74 valence electrons. The van der Waals surface area contributed by atoms with Gasteiger partial charge in [-0.3, -0.25) is 0 Å². The molecule has 0 saturated carbocycles. The first-order chi connectivity index (χ1) is 5.00. The van der Waals surface area contributed by atoms with E-state index in [1.165, 1.54) is 0 Å². The normalized spacial score (nSPS) is 6.75. The molecule has 5 N–H and O–H groups in total. The minimum atomic E-state index is -0.500. The zero-order chi connectivity index (χ0) is 9.28. The van der Waals surface area contributed by atoms with Gasteiger partial charge in [0.2, 0.25) is 0 Å². The summed E-state index contributed by atoms with van der Waals surface area (Å²) in [7, 11) is 0. The van der Waals surface area contributed by atoms with E-state index in [4.69, 9.17) is 15.6 Å². The smallest absolute Gasteiger partial charge is 0.253 e. The first-order valence-electron chi connectivity index (χ1n) is 2.91. The Balaban J connectivity index is -0.000000142. The van der Waals surface area contributed by atoms with Crippen LogP contribution >= 0.6 is 24.4 Å². The van der Waals surface area contributed by atoms with E-state index >= 15 is 0 Å². The van der Waals surface area contributed by atoms with Crippen molar-refractivity contribution in [3.8, 4) is 0 Å². The van der Waals surface area contributed by atoms with Gasteiger partial charge in [-0.1, -0.05) is 14.4 Å². The molecule has 0 aliphatic rings. The highest BCUT2D eigenvalue weighted by Crippen LogP contribution is 1.77. The molecule has 0 aromatic rings. The summed E-state index contributed by atoms with van der Waals surface area (Å²) in [5, 5.41) is 7.21. The number of hydrogen-bond acceptors (Lipinski definition) is 3. The van der Waals surface area contributed by atoms with Crippen molar-refractivity contribution in [1.29, 1.82) is 0 Å². The van der Waals surface area contributed by atoms with Gasteiger partial charge in [0, 0.05) is 0 Å². The van der Waals surface area contributed by atoms with Crippen LogP contribution in [0, 0.1) is 0 Å². The molecule has 0 fully saturated rings. The lowest BCUT2D eigenvalue weighted by atomic mass is 10.5. The van der Waals surface area contributed by atoms with Crippen LogP contribution in [0.4, 0.5) is 0 Å². The van der Waals surface area contributed by atoms with Crippen molar-refractivity contribution in [2.75, 3.05) is 6.61 Å². The van der Waals surface area contributed by atoms with Gasteiger partial charge in [0.15, 0.2) is 0 Å². The Kier molecular flexibility index (Phi) is 18.9. The van der Waals surface area contributed by atoms with Crippen molar-refractivity contribution in [2.45, 2.75) is 20.8 Å². The second kappa shape index (κ2) is 13.0. The van der Waals surface area contributed by atoms with Crippen LogP contribution in [0.3, 0.4) is 0 Å². The third-order valence-corrected chi connectivity index (χ3v) is 0.566. The highest BCUT2D eigenvalue weighted by atomic mass is 32.1. The summed E-state index contributed by atoms with van der Waals surface area (Å²) >= 11 is 8.29. The molecule has 0 aliphatic carbocycles. The van der Waals surface area contributed by atoms with Crippen molar-refractivity contribution >= 4 is 34.8 Å². The van der Waals surface area contributed by atoms with E-state index in [-0.39, 0.29) is 12.6 Å². The predicted molar refractivity (Wildman–Crippen MR) is 59.2 cm³/mol. The number of hydrogen-bond donors (Lipinski definition) is 3. The molecule has 0 aromatic carbocycles. The standard InChI is InChI=1S/C4H9NOS.CH3NOS.CH4/c1-2-3-6-4(5)7;2-1(3)4;/h2-3H2,1H3,(H2,5,7);(H3,2,3,4);1H4. The second-order valence-corrected chi connectivity index (χ2v) is 2.33. The van der Waals surface area contributed by atoms with Crippen LogP contribution < -0.4 is 11.5 Å². The van der Waals surface area contributed by atoms with Gasteiger partial charge in [-0.05, 0) is 30.9 Å². The van der Waals surface area contributed by atoms with Crippen molar-refractivity contribution < 1.29 is 9.84 Å². The first-order valence-corrected chi connectivity index (χ1v) is 3.73. The summed E-state index contributed by atoms with van der Waals surface area (Å²) in [6.07, 6.45) is 0.956. The Morgan fingerprint density at radius 1 is 1.42 bits per heavy atom. The minimum Gasteiger partial charge on any atom is -0.487 e. The molecule has 0 rings (SSSR count). The van der Waals surface area contributed by atoms with Gasteiger partial charge in [0.05, 0.1) is 6.61 Å². The lowest BCUT2D eigenvalue weighted by Crippen LogP contribution is -2.12. The monoisotopic (exact) mass is 212 g/mol. The molecule has 0 spiro atoms. The van der Waals surface area contributed by atoms with Gasteiger partial charge < -0.3 is 21.3 Å². The fourth-order valence-electron chi connectivity index (χ4n) is 0.203. The largest absolute Gasteiger partial charge is 0.487 e. The quantitative estimate of drug-likeness (QED) is 0.594. The maximum atomic E-state index is 7.56. The van der Waals surface area contributed by atoms with E-state index in [1.807, 2.05) is 6.92 Å². The fraction of sp³-hybridized carbons (Fsp3) is 0.667. The Bertz CT molecular complexity index is 127. The van der Waals surface area contributed by atoms with Gasteiger partial charge in [-0.25, -0.2) is 0 Å². The molecular weight excluding hydrogens is 196 g/mol. The zero-order valence-electron chi connectivity index (χ0n) is 6.24. The van der Waals surface area contributed by atoms with Crippen LogP contribution in [0.25, 0.3) is 0 Å². The van der Waals surface area contributed by atoms with E-state index in [2.05, 4.69) is 30.2 Å². The number of thiocarbonyl (C=S) groups is 2. The van der Waals surface area contributed by atoms with Crippen molar-refractivity contribution in [1.82, 2.24) is 0 Å². The van der Waals surface area contributed by atoms with Gasteiger partial charge >= 0.3 is 0 Å². The topological polar surface area (TPSA) is 81.5 Å². The number of aliphatic hydroxyl groups excluding tert-OH is 1. The van der Waals surface area contributed by atoms with E-state index < -0.39 is 5.17 Å². The zero-order valence-corrected chi connectivity index (χ0v) is 7.87. The molecular formula is C6H16N2O2S2. The Labute approximate surface area is 83.9 Å². The Morgan fingerprint density at radius 2 is 1.75 bits per heavy atom. The molecule has 0 heterocycles. The lowest BCUT2D eigenvalue weighted by molar-refractivity contribution is 0.308. The van der Waals surface area contributed by atoms with E-state index in [1.54, 1.807) is 0 Å². The molecule has 4 nitrogen and oxygen atoms in total. The van der Waals surface area contributed by atoms with E-state index in [0.717, 1.165) is 6.42 Å². The van der Waals surface area contributed by atoms with Crippen LogP contribution in [0.1, 0.15) is 20.8 Å². The first kappa shape index (κ1) is 17.5. The fourth-order valence-corrected chi connectivity index (χ4v) is 0.286.